The molecule has 0 aromatic carbocycles. The largest absolute Gasteiger partial charge is 0.307 e. The molecule has 2 heterocycles. The molecule has 0 saturated carbocycles. The van der Waals surface area contributed by atoms with Gasteiger partial charge in [0, 0.05) is 34.9 Å². The first kappa shape index (κ1) is 13.1. The van der Waals surface area contributed by atoms with Crippen LogP contribution in [0.15, 0.2) is 24.7 Å². The third kappa shape index (κ3) is 3.34. The van der Waals surface area contributed by atoms with Gasteiger partial charge >= 0.3 is 0 Å². The quantitative estimate of drug-likeness (QED) is 0.926. The zero-order valence-corrected chi connectivity index (χ0v) is 11.5. The molecule has 0 bridgehead atoms. The lowest BCUT2D eigenvalue weighted by Crippen LogP contribution is -2.34. The maximum Gasteiger partial charge on any atom is 0.151 e. The fourth-order valence-electron chi connectivity index (χ4n) is 1.41. The Hall–Kier alpha value is -1.33. The molecule has 0 unspecified atom stereocenters. The minimum atomic E-state index is -0.331. The first-order valence-corrected chi connectivity index (χ1v) is 6.57. The second-order valence-corrected chi connectivity index (χ2v) is 6.21. The molecule has 0 spiro atoms. The van der Waals surface area contributed by atoms with Crippen molar-refractivity contribution in [3.8, 4) is 10.6 Å². The maximum absolute atomic E-state index is 13.5. The van der Waals surface area contributed by atoms with Gasteiger partial charge in [0.25, 0.3) is 0 Å². The van der Waals surface area contributed by atoms with Crippen LogP contribution in [-0.2, 0) is 6.54 Å². The van der Waals surface area contributed by atoms with E-state index in [4.69, 9.17) is 0 Å². The molecule has 18 heavy (non-hydrogen) atoms. The lowest BCUT2D eigenvalue weighted by atomic mass is 10.1. The minimum absolute atomic E-state index is 0.0616. The SMILES string of the molecule is CC(C)(C)NCc1cnc(-c2ccncc2F)s1. The normalized spacial score (nSPS) is 11.8. The van der Waals surface area contributed by atoms with Gasteiger partial charge in [-0.25, -0.2) is 9.37 Å². The molecule has 96 valence electrons. The number of hydrogen-bond acceptors (Lipinski definition) is 4. The first-order valence-electron chi connectivity index (χ1n) is 5.75. The molecule has 0 atom stereocenters. The highest BCUT2D eigenvalue weighted by Crippen LogP contribution is 2.26. The number of aromatic nitrogens is 2. The zero-order valence-electron chi connectivity index (χ0n) is 10.7. The van der Waals surface area contributed by atoms with E-state index < -0.39 is 0 Å². The number of nitrogens with one attached hydrogen (secondary N) is 1. The van der Waals surface area contributed by atoms with Gasteiger partial charge < -0.3 is 5.32 Å². The smallest absolute Gasteiger partial charge is 0.151 e. The highest BCUT2D eigenvalue weighted by atomic mass is 32.1. The van der Waals surface area contributed by atoms with Crippen molar-refractivity contribution < 1.29 is 4.39 Å². The van der Waals surface area contributed by atoms with Gasteiger partial charge in [0.15, 0.2) is 5.82 Å². The van der Waals surface area contributed by atoms with Crippen molar-refractivity contribution in [2.24, 2.45) is 0 Å². The molecule has 0 amide bonds. The van der Waals surface area contributed by atoms with Crippen LogP contribution in [0.1, 0.15) is 25.6 Å². The van der Waals surface area contributed by atoms with Crippen LogP contribution in [0.25, 0.3) is 10.6 Å². The number of nitrogens with zero attached hydrogens (tertiary/aromatic N) is 2. The summed E-state index contributed by atoms with van der Waals surface area (Å²) >= 11 is 1.50. The van der Waals surface area contributed by atoms with Gasteiger partial charge in [0.05, 0.1) is 6.20 Å². The van der Waals surface area contributed by atoms with E-state index in [1.54, 1.807) is 18.5 Å². The van der Waals surface area contributed by atoms with Crippen LogP contribution in [-0.4, -0.2) is 15.5 Å². The van der Waals surface area contributed by atoms with Crippen LogP contribution < -0.4 is 5.32 Å². The van der Waals surface area contributed by atoms with Gasteiger partial charge in [-0.2, -0.15) is 0 Å². The van der Waals surface area contributed by atoms with E-state index >= 15 is 0 Å². The Kier molecular flexibility index (Phi) is 3.73. The van der Waals surface area contributed by atoms with Gasteiger partial charge in [-0.3, -0.25) is 4.98 Å². The Bertz CT molecular complexity index is 531. The summed E-state index contributed by atoms with van der Waals surface area (Å²) in [5, 5.41) is 4.08. The molecule has 2 aromatic heterocycles. The molecule has 0 saturated heterocycles. The second-order valence-electron chi connectivity index (χ2n) is 5.09. The fourth-order valence-corrected chi connectivity index (χ4v) is 2.29. The van der Waals surface area contributed by atoms with E-state index in [1.807, 2.05) is 0 Å². The zero-order chi connectivity index (χ0) is 13.2. The lowest BCUT2D eigenvalue weighted by molar-refractivity contribution is 0.426. The summed E-state index contributed by atoms with van der Waals surface area (Å²) in [5.41, 5.74) is 0.573. The van der Waals surface area contributed by atoms with E-state index in [2.05, 4.69) is 36.1 Å². The van der Waals surface area contributed by atoms with Crippen molar-refractivity contribution in [3.63, 3.8) is 0 Å². The molecule has 0 fully saturated rings. The molecule has 3 nitrogen and oxygen atoms in total. The Labute approximate surface area is 110 Å². The van der Waals surface area contributed by atoms with E-state index in [1.165, 1.54) is 17.5 Å². The van der Waals surface area contributed by atoms with Crippen LogP contribution in [0.4, 0.5) is 4.39 Å². The average Bonchev–Trinajstić information content (AvgIpc) is 2.75. The molecule has 2 rings (SSSR count). The standard InChI is InChI=1S/C13H16FN3S/c1-13(2,3)17-7-9-6-16-12(18-9)10-4-5-15-8-11(10)14/h4-6,8,17H,7H2,1-3H3. The van der Waals surface area contributed by atoms with Crippen molar-refractivity contribution in [3.05, 3.63) is 35.4 Å². The van der Waals surface area contributed by atoms with Crippen LogP contribution >= 0.6 is 11.3 Å². The predicted octanol–water partition coefficient (Wildman–Crippen LogP) is 3.23. The highest BCUT2D eigenvalue weighted by Gasteiger charge is 2.12. The van der Waals surface area contributed by atoms with E-state index in [0.717, 1.165) is 11.4 Å². The molecule has 0 aliphatic heterocycles. The monoisotopic (exact) mass is 265 g/mol. The fraction of sp³-hybridized carbons (Fsp3) is 0.385. The Morgan fingerprint density at radius 1 is 1.33 bits per heavy atom. The maximum atomic E-state index is 13.5. The van der Waals surface area contributed by atoms with Gasteiger partial charge in [-0.15, -0.1) is 11.3 Å². The summed E-state index contributed by atoms with van der Waals surface area (Å²) in [7, 11) is 0. The predicted molar refractivity (Wildman–Crippen MR) is 71.9 cm³/mol. The molecule has 0 radical (unpaired) electrons. The van der Waals surface area contributed by atoms with Crippen LogP contribution in [0, 0.1) is 5.82 Å². The van der Waals surface area contributed by atoms with Gasteiger partial charge in [0.2, 0.25) is 0 Å². The molecular weight excluding hydrogens is 249 g/mol. The van der Waals surface area contributed by atoms with Crippen molar-refractivity contribution >= 4 is 11.3 Å². The van der Waals surface area contributed by atoms with Crippen LogP contribution in [0.3, 0.4) is 0 Å². The van der Waals surface area contributed by atoms with Crippen molar-refractivity contribution in [1.82, 2.24) is 15.3 Å². The van der Waals surface area contributed by atoms with Crippen LogP contribution in [0.2, 0.25) is 0 Å². The van der Waals surface area contributed by atoms with Crippen molar-refractivity contribution in [2.75, 3.05) is 0 Å². The number of hydrogen-bond donors (Lipinski definition) is 1. The summed E-state index contributed by atoms with van der Waals surface area (Å²) in [6.45, 7) is 7.07. The first-order chi connectivity index (χ1) is 8.46. The number of halogens is 1. The van der Waals surface area contributed by atoms with Crippen molar-refractivity contribution in [2.45, 2.75) is 32.9 Å². The summed E-state index contributed by atoms with van der Waals surface area (Å²) in [4.78, 5) is 9.09. The van der Waals surface area contributed by atoms with Crippen LogP contribution in [0.5, 0.6) is 0 Å². The van der Waals surface area contributed by atoms with E-state index in [-0.39, 0.29) is 11.4 Å². The highest BCUT2D eigenvalue weighted by molar-refractivity contribution is 7.15. The molecule has 2 aromatic rings. The number of thiazole rings is 1. The molecule has 1 N–H and O–H groups in total. The van der Waals surface area contributed by atoms with Gasteiger partial charge in [-0.05, 0) is 26.8 Å². The van der Waals surface area contributed by atoms with Crippen molar-refractivity contribution in [1.29, 1.82) is 0 Å². The Morgan fingerprint density at radius 3 is 2.78 bits per heavy atom. The number of pyridine rings is 1. The second kappa shape index (κ2) is 5.12. The van der Waals surface area contributed by atoms with Gasteiger partial charge in [0.1, 0.15) is 5.01 Å². The minimum Gasteiger partial charge on any atom is -0.307 e. The molecular formula is C13H16FN3S. The number of rotatable bonds is 3. The average molecular weight is 265 g/mol. The third-order valence-corrected chi connectivity index (χ3v) is 3.38. The lowest BCUT2D eigenvalue weighted by Gasteiger charge is -2.19. The van der Waals surface area contributed by atoms with E-state index in [9.17, 15) is 4.39 Å². The Morgan fingerprint density at radius 2 is 2.11 bits per heavy atom. The Balaban J connectivity index is 2.14. The summed E-state index contributed by atoms with van der Waals surface area (Å²) in [6, 6.07) is 1.65. The molecule has 0 aliphatic rings. The van der Waals surface area contributed by atoms with Gasteiger partial charge in [-0.1, -0.05) is 0 Å². The third-order valence-electron chi connectivity index (χ3n) is 2.35. The summed E-state index contributed by atoms with van der Waals surface area (Å²) in [5.74, 6) is -0.331. The summed E-state index contributed by atoms with van der Waals surface area (Å²) in [6.07, 6.45) is 4.58. The summed E-state index contributed by atoms with van der Waals surface area (Å²) < 4.78 is 13.5. The van der Waals surface area contributed by atoms with E-state index in [0.29, 0.717) is 10.6 Å². The topological polar surface area (TPSA) is 37.8 Å². The molecule has 0 aliphatic carbocycles. The molecule has 5 heteroatoms.